The predicted molar refractivity (Wildman–Crippen MR) is 127 cm³/mol. The summed E-state index contributed by atoms with van der Waals surface area (Å²) in [7, 11) is 0. The van der Waals surface area contributed by atoms with E-state index in [1.807, 2.05) is 13.8 Å². The van der Waals surface area contributed by atoms with Crippen molar-refractivity contribution in [1.82, 2.24) is 30.0 Å². The summed E-state index contributed by atoms with van der Waals surface area (Å²) in [6, 6.07) is 2.65. The molecule has 2 amide bonds. The third-order valence-electron chi connectivity index (χ3n) is 6.08. The van der Waals surface area contributed by atoms with Crippen molar-refractivity contribution < 1.29 is 40.7 Å². The summed E-state index contributed by atoms with van der Waals surface area (Å²) in [6.45, 7) is 6.00. The zero-order valence-electron chi connectivity index (χ0n) is 21.4. The average molecular weight is 570 g/mol. The summed E-state index contributed by atoms with van der Waals surface area (Å²) >= 11 is 0. The molecule has 0 unspecified atom stereocenters. The minimum atomic E-state index is -5.10. The van der Waals surface area contributed by atoms with Gasteiger partial charge in [0.05, 0.1) is 34.9 Å². The largest absolute Gasteiger partial charge is 0.416 e. The lowest BCUT2D eigenvalue weighted by Gasteiger charge is -2.35. The van der Waals surface area contributed by atoms with Gasteiger partial charge in [-0.15, -0.1) is 0 Å². The Bertz CT molecular complexity index is 1350. The summed E-state index contributed by atoms with van der Waals surface area (Å²) in [5, 5.41) is 6.40. The van der Waals surface area contributed by atoms with E-state index in [0.717, 1.165) is 6.33 Å². The Hall–Kier alpha value is -4.01. The number of ether oxygens (including phenoxy) is 1. The lowest BCUT2D eigenvalue weighted by molar-refractivity contribution is -0.143. The number of carbonyl (C=O) groups is 2. The molecule has 1 saturated heterocycles. The molecule has 4 rings (SSSR count). The van der Waals surface area contributed by atoms with Crippen molar-refractivity contribution in [2.75, 3.05) is 13.1 Å². The Morgan fingerprint density at radius 1 is 0.950 bits per heavy atom. The maximum absolute atomic E-state index is 13.2. The molecule has 0 aliphatic carbocycles. The van der Waals surface area contributed by atoms with Crippen LogP contribution in [0.15, 0.2) is 42.9 Å². The van der Waals surface area contributed by atoms with E-state index >= 15 is 0 Å². The fraction of sp³-hybridized carbons (Fsp3) is 0.400. The third kappa shape index (κ3) is 6.41. The molecule has 3 atom stereocenters. The molecule has 1 N–H and O–H groups in total. The standard InChI is InChI=1S/C25H24F6N6O3/c1-13-10-36(11-14(2)40-13)23(39)16-4-5-20(32-9-16)37-21(33-12-34-37)15(3)35-22(38)17-6-18(24(26,27)28)8-19(7-17)25(29,30)31/h4-9,12-15H,10-11H2,1-3H3,(H,35,38)/t13-,14-,15-/m0/s1. The molecule has 15 heteroatoms. The van der Waals surface area contributed by atoms with Gasteiger partial charge in [0.1, 0.15) is 6.33 Å². The van der Waals surface area contributed by atoms with Gasteiger partial charge >= 0.3 is 12.4 Å². The van der Waals surface area contributed by atoms with Gasteiger partial charge in [0, 0.05) is 24.8 Å². The van der Waals surface area contributed by atoms with Gasteiger partial charge in [-0.05, 0) is 51.1 Å². The summed E-state index contributed by atoms with van der Waals surface area (Å²) in [6.07, 6.45) is -7.95. The number of morpholine rings is 1. The molecule has 1 aliphatic rings. The van der Waals surface area contributed by atoms with Crippen LogP contribution in [0.1, 0.15) is 64.5 Å². The van der Waals surface area contributed by atoms with Gasteiger partial charge in [0.2, 0.25) is 0 Å². The van der Waals surface area contributed by atoms with Crippen LogP contribution in [-0.2, 0) is 17.1 Å². The molecule has 1 aliphatic heterocycles. The third-order valence-corrected chi connectivity index (χ3v) is 6.08. The maximum Gasteiger partial charge on any atom is 0.416 e. The zero-order chi connectivity index (χ0) is 29.4. The summed E-state index contributed by atoms with van der Waals surface area (Å²) in [4.78, 5) is 35.6. The maximum atomic E-state index is 13.2. The van der Waals surface area contributed by atoms with Crippen molar-refractivity contribution in [2.45, 2.75) is 51.4 Å². The Morgan fingerprint density at radius 2 is 1.55 bits per heavy atom. The summed E-state index contributed by atoms with van der Waals surface area (Å²) in [5.74, 6) is -1.10. The first kappa shape index (κ1) is 29.0. The van der Waals surface area contributed by atoms with Gasteiger partial charge in [-0.3, -0.25) is 9.59 Å². The number of halogens is 6. The second-order valence-electron chi connectivity index (χ2n) is 9.39. The fourth-order valence-corrected chi connectivity index (χ4v) is 4.32. The van der Waals surface area contributed by atoms with Crippen LogP contribution in [0, 0.1) is 0 Å². The summed E-state index contributed by atoms with van der Waals surface area (Å²) < 4.78 is 86.0. The van der Waals surface area contributed by atoms with Gasteiger partial charge in [-0.2, -0.15) is 36.1 Å². The molecule has 1 fully saturated rings. The molecule has 0 saturated carbocycles. The number of benzene rings is 1. The van der Waals surface area contributed by atoms with E-state index in [1.165, 1.54) is 29.9 Å². The van der Waals surface area contributed by atoms with Crippen molar-refractivity contribution in [3.8, 4) is 5.82 Å². The Balaban J connectivity index is 1.53. The van der Waals surface area contributed by atoms with E-state index in [1.54, 1.807) is 4.90 Å². The average Bonchev–Trinajstić information content (AvgIpc) is 3.37. The van der Waals surface area contributed by atoms with Crippen LogP contribution >= 0.6 is 0 Å². The Labute approximate surface area is 224 Å². The predicted octanol–water partition coefficient (Wildman–Crippen LogP) is 4.44. The highest BCUT2D eigenvalue weighted by Gasteiger charge is 2.37. The van der Waals surface area contributed by atoms with Crippen LogP contribution in [0.5, 0.6) is 0 Å². The van der Waals surface area contributed by atoms with Gasteiger partial charge < -0.3 is 15.0 Å². The molecular formula is C25H24F6N6O3. The van der Waals surface area contributed by atoms with Crippen LogP contribution in [0.4, 0.5) is 26.3 Å². The molecule has 0 spiro atoms. The number of rotatable bonds is 5. The number of nitrogens with one attached hydrogen (secondary N) is 1. The van der Waals surface area contributed by atoms with E-state index in [4.69, 9.17) is 4.74 Å². The molecule has 3 aromatic rings. The zero-order valence-corrected chi connectivity index (χ0v) is 21.4. The molecular weight excluding hydrogens is 546 g/mol. The highest BCUT2D eigenvalue weighted by Crippen LogP contribution is 2.36. The smallest absolute Gasteiger partial charge is 0.372 e. The minimum Gasteiger partial charge on any atom is -0.372 e. The number of carbonyl (C=O) groups excluding carboxylic acids is 2. The lowest BCUT2D eigenvalue weighted by Crippen LogP contribution is -2.48. The van der Waals surface area contributed by atoms with Gasteiger partial charge in [0.25, 0.3) is 11.8 Å². The second-order valence-corrected chi connectivity index (χ2v) is 9.39. The molecule has 2 aromatic heterocycles. The van der Waals surface area contributed by atoms with E-state index in [2.05, 4.69) is 20.4 Å². The van der Waals surface area contributed by atoms with E-state index in [9.17, 15) is 35.9 Å². The fourth-order valence-electron chi connectivity index (χ4n) is 4.32. The van der Waals surface area contributed by atoms with Crippen molar-refractivity contribution in [3.05, 3.63) is 70.9 Å². The molecule has 0 bridgehead atoms. The van der Waals surface area contributed by atoms with Gasteiger partial charge in [0.15, 0.2) is 11.6 Å². The number of pyridine rings is 1. The minimum absolute atomic E-state index is 0.0584. The Morgan fingerprint density at radius 3 is 2.08 bits per heavy atom. The Kier molecular flexibility index (Phi) is 7.87. The van der Waals surface area contributed by atoms with Crippen molar-refractivity contribution >= 4 is 11.8 Å². The molecule has 40 heavy (non-hydrogen) atoms. The monoisotopic (exact) mass is 570 g/mol. The van der Waals surface area contributed by atoms with Crippen LogP contribution in [-0.4, -0.2) is 61.8 Å². The molecule has 3 heterocycles. The molecule has 214 valence electrons. The normalized spacial score (nSPS) is 18.9. The van der Waals surface area contributed by atoms with Crippen LogP contribution < -0.4 is 5.32 Å². The van der Waals surface area contributed by atoms with Crippen molar-refractivity contribution in [1.29, 1.82) is 0 Å². The first-order chi connectivity index (χ1) is 18.6. The molecule has 1 aromatic carbocycles. The molecule has 9 nitrogen and oxygen atoms in total. The lowest BCUT2D eigenvalue weighted by atomic mass is 10.0. The first-order valence-electron chi connectivity index (χ1n) is 12.0. The van der Waals surface area contributed by atoms with E-state index < -0.39 is 41.0 Å². The van der Waals surface area contributed by atoms with Gasteiger partial charge in [-0.25, -0.2) is 9.97 Å². The van der Waals surface area contributed by atoms with E-state index in [-0.39, 0.29) is 35.8 Å². The highest BCUT2D eigenvalue weighted by molar-refractivity contribution is 5.95. The SMILES string of the molecule is C[C@H](NC(=O)c1cc(C(F)(F)F)cc(C(F)(F)F)c1)c1ncnn1-c1ccc(C(=O)N2C[C@H](C)O[C@@H](C)C2)cn1. The number of alkyl halides is 6. The topological polar surface area (TPSA) is 102 Å². The quantitative estimate of drug-likeness (QED) is 0.456. The number of amides is 2. The second kappa shape index (κ2) is 10.9. The van der Waals surface area contributed by atoms with Gasteiger partial charge in [-0.1, -0.05) is 0 Å². The first-order valence-corrected chi connectivity index (χ1v) is 12.0. The summed E-state index contributed by atoms with van der Waals surface area (Å²) in [5.41, 5.74) is -3.72. The van der Waals surface area contributed by atoms with Crippen LogP contribution in [0.3, 0.4) is 0 Å². The number of hydrogen-bond donors (Lipinski definition) is 1. The number of nitrogens with zero attached hydrogens (tertiary/aromatic N) is 5. The number of hydrogen-bond acceptors (Lipinski definition) is 6. The van der Waals surface area contributed by atoms with Crippen molar-refractivity contribution in [2.24, 2.45) is 0 Å². The number of aromatic nitrogens is 4. The molecule has 0 radical (unpaired) electrons. The van der Waals surface area contributed by atoms with Crippen molar-refractivity contribution in [3.63, 3.8) is 0 Å². The van der Waals surface area contributed by atoms with Crippen LogP contribution in [0.25, 0.3) is 5.82 Å². The van der Waals surface area contributed by atoms with E-state index in [0.29, 0.717) is 30.8 Å². The van der Waals surface area contributed by atoms with Crippen LogP contribution in [0.2, 0.25) is 0 Å². The highest BCUT2D eigenvalue weighted by atomic mass is 19.4.